The fourth-order valence-electron chi connectivity index (χ4n) is 2.10. The predicted molar refractivity (Wildman–Crippen MR) is 86.9 cm³/mol. The number of thiophene rings is 1. The zero-order valence-electron chi connectivity index (χ0n) is 12.3. The maximum absolute atomic E-state index is 12.0. The van der Waals surface area contributed by atoms with E-state index in [9.17, 15) is 9.90 Å². The van der Waals surface area contributed by atoms with E-state index in [1.54, 1.807) is 11.3 Å². The van der Waals surface area contributed by atoms with Crippen LogP contribution in [0.15, 0.2) is 54.2 Å². The summed E-state index contributed by atoms with van der Waals surface area (Å²) in [7, 11) is 0. The molecule has 0 unspecified atom stereocenters. The van der Waals surface area contributed by atoms with Gasteiger partial charge in [0.2, 0.25) is 5.82 Å². The molecule has 0 saturated heterocycles. The second-order valence-electron chi connectivity index (χ2n) is 4.98. The summed E-state index contributed by atoms with van der Waals surface area (Å²) in [5.41, 5.74) is 0.798. The molecular formula is C16H16N4O2S. The minimum atomic E-state index is -0.695. The second kappa shape index (κ2) is 7.17. The summed E-state index contributed by atoms with van der Waals surface area (Å²) in [6, 6.07) is 13.2. The Kier molecular flexibility index (Phi) is 4.80. The van der Waals surface area contributed by atoms with Gasteiger partial charge in [-0.2, -0.15) is 0 Å². The normalized spacial score (nSPS) is 12.0. The number of rotatable bonds is 6. The Balaban J connectivity index is 1.58. The van der Waals surface area contributed by atoms with E-state index in [0.717, 1.165) is 10.4 Å². The number of aliphatic hydroxyl groups is 1. The quantitative estimate of drug-likeness (QED) is 0.725. The molecule has 7 heteroatoms. The number of nitrogens with zero attached hydrogens (tertiary/aromatic N) is 3. The van der Waals surface area contributed by atoms with E-state index in [-0.39, 0.29) is 18.3 Å². The summed E-state index contributed by atoms with van der Waals surface area (Å²) in [6.07, 6.45) is 0.756. The summed E-state index contributed by atoms with van der Waals surface area (Å²) < 4.78 is 1.47. The van der Waals surface area contributed by atoms with Crippen LogP contribution in [0.3, 0.4) is 0 Å². The molecule has 118 valence electrons. The van der Waals surface area contributed by atoms with Crippen LogP contribution in [-0.4, -0.2) is 25.8 Å². The van der Waals surface area contributed by atoms with Crippen LogP contribution in [-0.2, 0) is 13.1 Å². The first-order chi connectivity index (χ1) is 11.2. The summed E-state index contributed by atoms with van der Waals surface area (Å²) >= 11 is 1.58. The van der Waals surface area contributed by atoms with Gasteiger partial charge in [-0.1, -0.05) is 36.4 Å². The molecule has 3 rings (SSSR count). The van der Waals surface area contributed by atoms with Crippen LogP contribution >= 0.6 is 11.3 Å². The monoisotopic (exact) mass is 328 g/mol. The van der Waals surface area contributed by atoms with Crippen LogP contribution in [0, 0.1) is 0 Å². The molecule has 0 aliphatic rings. The molecule has 1 amide bonds. The van der Waals surface area contributed by atoms with Gasteiger partial charge in [0.1, 0.15) is 6.33 Å². The smallest absolute Gasteiger partial charge is 0.291 e. The number of aromatic nitrogens is 3. The third kappa shape index (κ3) is 4.02. The molecule has 1 atom stereocenters. The lowest BCUT2D eigenvalue weighted by Gasteiger charge is -2.10. The van der Waals surface area contributed by atoms with Gasteiger partial charge in [-0.3, -0.25) is 4.79 Å². The standard InChI is InChI=1S/C16H16N4O2S/c21-14(12-5-2-1-3-6-12)10-20-11-18-15(19-20)16(22)17-9-13-7-4-8-23-13/h1-8,11,14,21H,9-10H2,(H,17,22)/t14-/m1/s1. The Morgan fingerprint density at radius 3 is 2.83 bits per heavy atom. The lowest BCUT2D eigenvalue weighted by molar-refractivity contribution is 0.0939. The largest absolute Gasteiger partial charge is 0.386 e. The van der Waals surface area contributed by atoms with Crippen molar-refractivity contribution < 1.29 is 9.90 Å². The molecule has 2 heterocycles. The van der Waals surface area contributed by atoms with Gasteiger partial charge in [0, 0.05) is 4.88 Å². The van der Waals surface area contributed by atoms with Crippen LogP contribution in [0.5, 0.6) is 0 Å². The van der Waals surface area contributed by atoms with Crippen molar-refractivity contribution in [2.45, 2.75) is 19.2 Å². The molecule has 2 aromatic heterocycles. The molecule has 1 aromatic carbocycles. The SMILES string of the molecule is O=C(NCc1cccs1)c1ncn(C[C@@H](O)c2ccccc2)n1. The highest BCUT2D eigenvalue weighted by Gasteiger charge is 2.14. The molecule has 3 aromatic rings. The van der Waals surface area contributed by atoms with Crippen LogP contribution in [0.1, 0.15) is 27.2 Å². The molecule has 0 aliphatic heterocycles. The maximum atomic E-state index is 12.0. The van der Waals surface area contributed by atoms with Gasteiger partial charge < -0.3 is 10.4 Å². The molecule has 0 aliphatic carbocycles. The molecule has 0 bridgehead atoms. The van der Waals surface area contributed by atoms with Gasteiger partial charge in [0.05, 0.1) is 19.2 Å². The van der Waals surface area contributed by atoms with E-state index in [1.807, 2.05) is 47.8 Å². The van der Waals surface area contributed by atoms with Crippen LogP contribution in [0.4, 0.5) is 0 Å². The third-order valence-electron chi connectivity index (χ3n) is 3.29. The predicted octanol–water partition coefficient (Wildman–Crippen LogP) is 2.00. The van der Waals surface area contributed by atoms with Crippen LogP contribution in [0.25, 0.3) is 0 Å². The summed E-state index contributed by atoms with van der Waals surface area (Å²) in [4.78, 5) is 17.1. The zero-order valence-corrected chi connectivity index (χ0v) is 13.1. The Labute approximate surface area is 137 Å². The first-order valence-corrected chi connectivity index (χ1v) is 8.03. The number of amides is 1. The minimum absolute atomic E-state index is 0.0989. The van der Waals surface area contributed by atoms with Crippen molar-refractivity contribution in [3.63, 3.8) is 0 Å². The molecule has 0 radical (unpaired) electrons. The minimum Gasteiger partial charge on any atom is -0.386 e. The molecule has 0 spiro atoms. The number of carbonyl (C=O) groups is 1. The Morgan fingerprint density at radius 1 is 1.26 bits per heavy atom. The van der Waals surface area contributed by atoms with Crippen molar-refractivity contribution in [2.24, 2.45) is 0 Å². The molecule has 6 nitrogen and oxygen atoms in total. The number of hydrogen-bond acceptors (Lipinski definition) is 5. The number of carbonyl (C=O) groups excluding carboxylic acids is 1. The van der Waals surface area contributed by atoms with E-state index in [2.05, 4.69) is 15.4 Å². The Bertz CT molecular complexity index is 756. The summed E-state index contributed by atoms with van der Waals surface area (Å²) in [5, 5.41) is 19.0. The highest BCUT2D eigenvalue weighted by Crippen LogP contribution is 2.13. The number of nitrogens with one attached hydrogen (secondary N) is 1. The van der Waals surface area contributed by atoms with Crippen LogP contribution < -0.4 is 5.32 Å². The molecular weight excluding hydrogens is 312 g/mol. The van der Waals surface area contributed by atoms with Crippen molar-refractivity contribution in [2.75, 3.05) is 0 Å². The Morgan fingerprint density at radius 2 is 2.09 bits per heavy atom. The second-order valence-corrected chi connectivity index (χ2v) is 6.01. The van der Waals surface area contributed by atoms with Crippen molar-refractivity contribution in [1.82, 2.24) is 20.1 Å². The first-order valence-electron chi connectivity index (χ1n) is 7.15. The first kappa shape index (κ1) is 15.4. The van der Waals surface area contributed by atoms with E-state index >= 15 is 0 Å². The van der Waals surface area contributed by atoms with Gasteiger partial charge in [-0.25, -0.2) is 9.67 Å². The van der Waals surface area contributed by atoms with Gasteiger partial charge in [-0.15, -0.1) is 16.4 Å². The summed E-state index contributed by atoms with van der Waals surface area (Å²) in [5.74, 6) is -0.229. The highest BCUT2D eigenvalue weighted by atomic mass is 32.1. The molecule has 0 saturated carbocycles. The average molecular weight is 328 g/mol. The molecule has 2 N–H and O–H groups in total. The number of benzene rings is 1. The topological polar surface area (TPSA) is 80.0 Å². The van der Waals surface area contributed by atoms with Crippen LogP contribution in [0.2, 0.25) is 0 Å². The molecule has 0 fully saturated rings. The lowest BCUT2D eigenvalue weighted by Crippen LogP contribution is -2.24. The van der Waals surface area contributed by atoms with Crippen molar-refractivity contribution in [1.29, 1.82) is 0 Å². The number of hydrogen-bond donors (Lipinski definition) is 2. The van der Waals surface area contributed by atoms with Crippen molar-refractivity contribution in [3.05, 3.63) is 70.4 Å². The molecule has 23 heavy (non-hydrogen) atoms. The highest BCUT2D eigenvalue weighted by molar-refractivity contribution is 7.09. The lowest BCUT2D eigenvalue weighted by atomic mass is 10.1. The van der Waals surface area contributed by atoms with Gasteiger partial charge in [-0.05, 0) is 17.0 Å². The van der Waals surface area contributed by atoms with Gasteiger partial charge in [0.15, 0.2) is 0 Å². The summed E-state index contributed by atoms with van der Waals surface area (Å²) in [6.45, 7) is 0.701. The van der Waals surface area contributed by atoms with E-state index < -0.39 is 6.10 Å². The fourth-order valence-corrected chi connectivity index (χ4v) is 2.75. The third-order valence-corrected chi connectivity index (χ3v) is 4.16. The zero-order chi connectivity index (χ0) is 16.1. The Hall–Kier alpha value is -2.51. The van der Waals surface area contributed by atoms with Crippen molar-refractivity contribution >= 4 is 17.2 Å². The van der Waals surface area contributed by atoms with E-state index in [0.29, 0.717) is 6.54 Å². The average Bonchev–Trinajstić information content (AvgIpc) is 3.25. The van der Waals surface area contributed by atoms with E-state index in [4.69, 9.17) is 0 Å². The van der Waals surface area contributed by atoms with Gasteiger partial charge in [0.25, 0.3) is 5.91 Å². The van der Waals surface area contributed by atoms with E-state index in [1.165, 1.54) is 11.0 Å². The van der Waals surface area contributed by atoms with Crippen molar-refractivity contribution in [3.8, 4) is 0 Å². The maximum Gasteiger partial charge on any atom is 0.291 e. The number of aliphatic hydroxyl groups excluding tert-OH is 1. The van der Waals surface area contributed by atoms with Gasteiger partial charge >= 0.3 is 0 Å². The fraction of sp³-hybridized carbons (Fsp3) is 0.188.